The van der Waals surface area contributed by atoms with Gasteiger partial charge in [0.2, 0.25) is 5.88 Å². The quantitative estimate of drug-likeness (QED) is 0.671. The molecule has 176 valence electrons. The summed E-state index contributed by atoms with van der Waals surface area (Å²) in [6, 6.07) is 0.157. The molecule has 1 fully saturated rings. The first-order chi connectivity index (χ1) is 15.2. The Kier molecular flexibility index (Phi) is 6.63. The van der Waals surface area contributed by atoms with Crippen LogP contribution >= 0.6 is 11.3 Å². The van der Waals surface area contributed by atoms with Crippen molar-refractivity contribution in [3.8, 4) is 5.88 Å². The van der Waals surface area contributed by atoms with Crippen LogP contribution in [0.2, 0.25) is 0 Å². The molecular formula is C24H35N3O4S. The summed E-state index contributed by atoms with van der Waals surface area (Å²) in [6.07, 6.45) is 7.17. The van der Waals surface area contributed by atoms with Crippen molar-refractivity contribution in [2.75, 3.05) is 7.05 Å². The summed E-state index contributed by atoms with van der Waals surface area (Å²) in [7, 11) is 1.82. The van der Waals surface area contributed by atoms with E-state index >= 15 is 0 Å². The number of aryl methyl sites for hydroxylation is 1. The van der Waals surface area contributed by atoms with E-state index in [1.165, 1.54) is 10.4 Å². The molecule has 0 bridgehead atoms. The molecule has 8 heteroatoms. The monoisotopic (exact) mass is 461 g/mol. The molecular weight excluding hydrogens is 426 g/mol. The highest BCUT2D eigenvalue weighted by Crippen LogP contribution is 2.47. The molecule has 1 N–H and O–H groups in total. The molecule has 0 radical (unpaired) electrons. The summed E-state index contributed by atoms with van der Waals surface area (Å²) in [5.41, 5.74) is 0.710. The number of thiophene rings is 1. The lowest BCUT2D eigenvalue weighted by Crippen LogP contribution is -2.43. The number of aromatic nitrogens is 2. The Morgan fingerprint density at radius 3 is 2.62 bits per heavy atom. The van der Waals surface area contributed by atoms with Gasteiger partial charge in [-0.25, -0.2) is 14.8 Å². The molecule has 2 aromatic heterocycles. The topological polar surface area (TPSA) is 84.8 Å². The number of ether oxygens (including phenoxy) is 2. The molecule has 2 aromatic rings. The Morgan fingerprint density at radius 1 is 1.25 bits per heavy atom. The van der Waals surface area contributed by atoms with E-state index in [2.05, 4.69) is 9.97 Å². The Bertz CT molecular complexity index is 962. The smallest absolute Gasteiger partial charge is 0.410 e. The second-order valence-corrected chi connectivity index (χ2v) is 11.1. The first-order valence-electron chi connectivity index (χ1n) is 11.7. The predicted molar refractivity (Wildman–Crippen MR) is 125 cm³/mol. The Balaban J connectivity index is 1.45. The summed E-state index contributed by atoms with van der Waals surface area (Å²) in [6.45, 7) is 7.68. The van der Waals surface area contributed by atoms with Gasteiger partial charge in [0.1, 0.15) is 22.9 Å². The van der Waals surface area contributed by atoms with Crippen LogP contribution in [0.4, 0.5) is 4.79 Å². The Morgan fingerprint density at radius 2 is 1.97 bits per heavy atom. The van der Waals surface area contributed by atoms with Crippen LogP contribution in [0.5, 0.6) is 5.88 Å². The van der Waals surface area contributed by atoms with Crippen LogP contribution in [-0.4, -0.2) is 57.0 Å². The van der Waals surface area contributed by atoms with Gasteiger partial charge in [-0.3, -0.25) is 0 Å². The van der Waals surface area contributed by atoms with Gasteiger partial charge in [-0.15, -0.1) is 11.3 Å². The normalized spacial score (nSPS) is 24.2. The fourth-order valence-electron chi connectivity index (χ4n) is 4.93. The number of rotatable bonds is 5. The first kappa shape index (κ1) is 23.2. The van der Waals surface area contributed by atoms with Gasteiger partial charge >= 0.3 is 6.09 Å². The average Bonchev–Trinajstić information content (AvgIpc) is 3.31. The molecule has 2 atom stereocenters. The first-order valence-corrected chi connectivity index (χ1v) is 12.6. The minimum absolute atomic E-state index is 0.0582. The number of aliphatic hydroxyl groups excluding tert-OH is 1. The number of hydrogen-bond donors (Lipinski definition) is 1. The standard InChI is InChI=1S/C24H35N3O4S/c1-6-17(28)16-11-12-18-19(16)20-21(25-13-26-22(20)32-18)30-15-9-7-14(8-10-15)27(5)23(29)31-24(2,3)4/h13-17,28H,6-12H2,1-5H3. The molecule has 7 nitrogen and oxygen atoms in total. The third kappa shape index (κ3) is 4.71. The third-order valence-electron chi connectivity index (χ3n) is 6.65. The van der Waals surface area contributed by atoms with Crippen molar-refractivity contribution >= 4 is 27.6 Å². The van der Waals surface area contributed by atoms with E-state index in [0.717, 1.165) is 55.2 Å². The molecule has 2 aliphatic rings. The SMILES string of the molecule is CCC(O)C1CCc2sc3ncnc(OC4CCC(N(C)C(=O)OC(C)(C)C)CC4)c3c21. The van der Waals surface area contributed by atoms with Crippen LogP contribution in [0, 0.1) is 0 Å². The minimum atomic E-state index is -0.492. The zero-order valence-electron chi connectivity index (χ0n) is 19.8. The molecule has 0 saturated heterocycles. The van der Waals surface area contributed by atoms with Crippen molar-refractivity contribution in [3.63, 3.8) is 0 Å². The number of carbonyl (C=O) groups is 1. The number of amides is 1. The average molecular weight is 462 g/mol. The van der Waals surface area contributed by atoms with Gasteiger partial charge in [0.25, 0.3) is 0 Å². The van der Waals surface area contributed by atoms with E-state index < -0.39 is 5.60 Å². The molecule has 1 amide bonds. The maximum atomic E-state index is 12.4. The van der Waals surface area contributed by atoms with Gasteiger partial charge < -0.3 is 19.5 Å². The van der Waals surface area contributed by atoms with E-state index in [1.807, 2.05) is 34.7 Å². The van der Waals surface area contributed by atoms with Gasteiger partial charge in [-0.05, 0) is 71.3 Å². The minimum Gasteiger partial charge on any atom is -0.474 e. The van der Waals surface area contributed by atoms with Crippen LogP contribution < -0.4 is 4.74 Å². The predicted octanol–water partition coefficient (Wildman–Crippen LogP) is 5.05. The second kappa shape index (κ2) is 9.14. The van der Waals surface area contributed by atoms with Crippen LogP contribution in [-0.2, 0) is 11.2 Å². The molecule has 2 unspecified atom stereocenters. The van der Waals surface area contributed by atoms with E-state index in [4.69, 9.17) is 9.47 Å². The lowest BCUT2D eigenvalue weighted by Gasteiger charge is -2.35. The molecule has 4 rings (SSSR count). The molecule has 2 aliphatic carbocycles. The van der Waals surface area contributed by atoms with Crippen LogP contribution in [0.1, 0.15) is 82.6 Å². The van der Waals surface area contributed by atoms with Crippen LogP contribution in [0.25, 0.3) is 10.2 Å². The van der Waals surface area contributed by atoms with Crippen molar-refractivity contribution in [1.29, 1.82) is 0 Å². The maximum Gasteiger partial charge on any atom is 0.410 e. The van der Waals surface area contributed by atoms with Crippen LogP contribution in [0.15, 0.2) is 6.33 Å². The molecule has 0 spiro atoms. The van der Waals surface area contributed by atoms with Crippen LogP contribution in [0.3, 0.4) is 0 Å². The number of nitrogens with zero attached hydrogens (tertiary/aromatic N) is 3. The Hall–Kier alpha value is -1.93. The maximum absolute atomic E-state index is 12.4. The van der Waals surface area contributed by atoms with Gasteiger partial charge in [0.15, 0.2) is 0 Å². The second-order valence-electron chi connectivity index (χ2n) is 10.1. The fraction of sp³-hybridized carbons (Fsp3) is 0.708. The number of fused-ring (bicyclic) bond motifs is 3. The molecule has 32 heavy (non-hydrogen) atoms. The van der Waals surface area contributed by atoms with E-state index in [9.17, 15) is 9.90 Å². The molecule has 1 saturated carbocycles. The van der Waals surface area contributed by atoms with Gasteiger partial charge in [-0.2, -0.15) is 0 Å². The highest BCUT2D eigenvalue weighted by Gasteiger charge is 2.35. The van der Waals surface area contributed by atoms with Crippen molar-refractivity contribution in [1.82, 2.24) is 14.9 Å². The van der Waals surface area contributed by atoms with Gasteiger partial charge in [0.05, 0.1) is 11.5 Å². The summed E-state index contributed by atoms with van der Waals surface area (Å²) in [5.74, 6) is 0.780. The highest BCUT2D eigenvalue weighted by atomic mass is 32.1. The van der Waals surface area contributed by atoms with E-state index in [0.29, 0.717) is 5.88 Å². The van der Waals surface area contributed by atoms with Crippen molar-refractivity contribution in [2.24, 2.45) is 0 Å². The number of hydrogen-bond acceptors (Lipinski definition) is 7. The lowest BCUT2D eigenvalue weighted by atomic mass is 9.92. The molecule has 0 aliphatic heterocycles. The summed E-state index contributed by atoms with van der Waals surface area (Å²) < 4.78 is 11.9. The molecule has 0 aromatic carbocycles. The number of aliphatic hydroxyl groups is 1. The number of carbonyl (C=O) groups excluding carboxylic acids is 1. The zero-order chi connectivity index (χ0) is 23.0. The van der Waals surface area contributed by atoms with Gasteiger partial charge in [-0.1, -0.05) is 6.92 Å². The Labute approximate surface area is 194 Å². The van der Waals surface area contributed by atoms with Crippen molar-refractivity contribution in [2.45, 2.75) is 102 Å². The van der Waals surface area contributed by atoms with E-state index in [-0.39, 0.29) is 30.3 Å². The third-order valence-corrected chi connectivity index (χ3v) is 7.83. The summed E-state index contributed by atoms with van der Waals surface area (Å²) in [5, 5.41) is 11.6. The lowest BCUT2D eigenvalue weighted by molar-refractivity contribution is 0.0137. The van der Waals surface area contributed by atoms with E-state index in [1.54, 1.807) is 22.6 Å². The van der Waals surface area contributed by atoms with Gasteiger partial charge in [0, 0.05) is 23.9 Å². The fourth-order valence-corrected chi connectivity index (χ4v) is 6.15. The van der Waals surface area contributed by atoms with Crippen molar-refractivity contribution in [3.05, 3.63) is 16.8 Å². The zero-order valence-corrected chi connectivity index (χ0v) is 20.6. The largest absolute Gasteiger partial charge is 0.474 e. The van der Waals surface area contributed by atoms with Crippen molar-refractivity contribution < 1.29 is 19.4 Å². The summed E-state index contributed by atoms with van der Waals surface area (Å²) in [4.78, 5) is 25.4. The highest BCUT2D eigenvalue weighted by molar-refractivity contribution is 7.19. The molecule has 2 heterocycles. The summed E-state index contributed by atoms with van der Waals surface area (Å²) >= 11 is 1.71.